The van der Waals surface area contributed by atoms with Gasteiger partial charge < -0.3 is 15.2 Å². The summed E-state index contributed by atoms with van der Waals surface area (Å²) in [6, 6.07) is 9.13. The molecule has 1 heterocycles. The summed E-state index contributed by atoms with van der Waals surface area (Å²) in [4.78, 5) is 25.4. The summed E-state index contributed by atoms with van der Waals surface area (Å²) in [5.74, 6) is -0.456. The van der Waals surface area contributed by atoms with Crippen molar-refractivity contribution >= 4 is 11.8 Å². The van der Waals surface area contributed by atoms with E-state index in [4.69, 9.17) is 10.3 Å². The lowest BCUT2D eigenvalue weighted by Crippen LogP contribution is -2.43. The van der Waals surface area contributed by atoms with Crippen LogP contribution < -0.4 is 5.73 Å². The van der Waals surface area contributed by atoms with Gasteiger partial charge in [0, 0.05) is 11.6 Å². The number of amides is 2. The SMILES string of the molecule is Cc1onc(-c2ccccc2)c1C(=O)N(CC(N)=O)C(C)C. The van der Waals surface area contributed by atoms with Crippen molar-refractivity contribution in [2.75, 3.05) is 6.54 Å². The van der Waals surface area contributed by atoms with Crippen molar-refractivity contribution in [1.82, 2.24) is 10.1 Å². The van der Waals surface area contributed by atoms with Gasteiger partial charge in [-0.15, -0.1) is 0 Å². The quantitative estimate of drug-likeness (QED) is 0.914. The molecule has 1 aromatic heterocycles. The average molecular weight is 301 g/mol. The highest BCUT2D eigenvalue weighted by molar-refractivity contribution is 6.02. The summed E-state index contributed by atoms with van der Waals surface area (Å²) in [5, 5.41) is 3.99. The number of benzene rings is 1. The Balaban J connectivity index is 2.45. The maximum atomic E-state index is 12.8. The molecule has 0 aliphatic heterocycles. The van der Waals surface area contributed by atoms with E-state index >= 15 is 0 Å². The maximum Gasteiger partial charge on any atom is 0.260 e. The Kier molecular flexibility index (Phi) is 4.60. The molecule has 116 valence electrons. The summed E-state index contributed by atoms with van der Waals surface area (Å²) in [7, 11) is 0. The molecule has 2 rings (SSSR count). The molecule has 2 amide bonds. The van der Waals surface area contributed by atoms with Gasteiger partial charge in [0.25, 0.3) is 5.91 Å². The Hall–Kier alpha value is -2.63. The fraction of sp³-hybridized carbons (Fsp3) is 0.312. The van der Waals surface area contributed by atoms with Gasteiger partial charge in [-0.25, -0.2) is 0 Å². The lowest BCUT2D eigenvalue weighted by Gasteiger charge is -2.25. The number of primary amides is 1. The molecule has 2 N–H and O–H groups in total. The molecule has 1 aromatic carbocycles. The smallest absolute Gasteiger partial charge is 0.260 e. The molecule has 0 atom stereocenters. The van der Waals surface area contributed by atoms with Crippen molar-refractivity contribution in [1.29, 1.82) is 0 Å². The van der Waals surface area contributed by atoms with Gasteiger partial charge in [-0.2, -0.15) is 0 Å². The topological polar surface area (TPSA) is 89.4 Å². The normalized spacial score (nSPS) is 10.7. The van der Waals surface area contributed by atoms with Crippen LogP contribution in [0.5, 0.6) is 0 Å². The van der Waals surface area contributed by atoms with Crippen LogP contribution in [0.3, 0.4) is 0 Å². The second-order valence-electron chi connectivity index (χ2n) is 5.32. The van der Waals surface area contributed by atoms with E-state index in [-0.39, 0.29) is 18.5 Å². The fourth-order valence-corrected chi connectivity index (χ4v) is 2.22. The highest BCUT2D eigenvalue weighted by Gasteiger charge is 2.28. The van der Waals surface area contributed by atoms with Gasteiger partial charge in [0.2, 0.25) is 5.91 Å². The molecule has 0 aliphatic carbocycles. The van der Waals surface area contributed by atoms with Crippen molar-refractivity contribution < 1.29 is 14.1 Å². The van der Waals surface area contributed by atoms with E-state index in [0.29, 0.717) is 17.0 Å². The van der Waals surface area contributed by atoms with Gasteiger partial charge in [0.15, 0.2) is 0 Å². The highest BCUT2D eigenvalue weighted by atomic mass is 16.5. The van der Waals surface area contributed by atoms with Crippen LogP contribution in [0, 0.1) is 6.92 Å². The first-order chi connectivity index (χ1) is 10.4. The highest BCUT2D eigenvalue weighted by Crippen LogP contribution is 2.26. The van der Waals surface area contributed by atoms with Crippen LogP contribution in [0.25, 0.3) is 11.3 Å². The largest absolute Gasteiger partial charge is 0.368 e. The number of nitrogens with zero attached hydrogens (tertiary/aromatic N) is 2. The number of aryl methyl sites for hydroxylation is 1. The summed E-state index contributed by atoms with van der Waals surface area (Å²) >= 11 is 0. The second kappa shape index (κ2) is 6.43. The minimum Gasteiger partial charge on any atom is -0.368 e. The van der Waals surface area contributed by atoms with Crippen LogP contribution in [0.1, 0.15) is 30.0 Å². The van der Waals surface area contributed by atoms with E-state index in [0.717, 1.165) is 5.56 Å². The molecule has 0 spiro atoms. The molecule has 2 aromatic rings. The van der Waals surface area contributed by atoms with E-state index in [1.807, 2.05) is 44.2 Å². The third-order valence-electron chi connectivity index (χ3n) is 3.33. The molecule has 6 nitrogen and oxygen atoms in total. The van der Waals surface area contributed by atoms with Crippen LogP contribution in [0.15, 0.2) is 34.9 Å². The van der Waals surface area contributed by atoms with Crippen molar-refractivity contribution in [3.63, 3.8) is 0 Å². The number of hydrogen-bond acceptors (Lipinski definition) is 4. The Morgan fingerprint density at radius 3 is 2.45 bits per heavy atom. The van der Waals surface area contributed by atoms with Gasteiger partial charge in [-0.3, -0.25) is 9.59 Å². The second-order valence-corrected chi connectivity index (χ2v) is 5.32. The van der Waals surface area contributed by atoms with Crippen LogP contribution in [-0.4, -0.2) is 34.5 Å². The van der Waals surface area contributed by atoms with Crippen molar-refractivity contribution in [2.24, 2.45) is 5.73 Å². The van der Waals surface area contributed by atoms with Gasteiger partial charge in [-0.05, 0) is 20.8 Å². The molecule has 0 saturated carbocycles. The summed E-state index contributed by atoms with van der Waals surface area (Å²) in [6.45, 7) is 5.18. The van der Waals surface area contributed by atoms with Gasteiger partial charge in [0.05, 0.1) is 6.54 Å². The predicted octanol–water partition coefficient (Wildman–Crippen LogP) is 1.99. The van der Waals surface area contributed by atoms with E-state index in [9.17, 15) is 9.59 Å². The van der Waals surface area contributed by atoms with Crippen molar-refractivity contribution in [3.8, 4) is 11.3 Å². The van der Waals surface area contributed by atoms with Crippen molar-refractivity contribution in [2.45, 2.75) is 26.8 Å². The first-order valence-corrected chi connectivity index (χ1v) is 7.02. The van der Waals surface area contributed by atoms with Crippen LogP contribution >= 0.6 is 0 Å². The number of nitrogens with two attached hydrogens (primary N) is 1. The van der Waals surface area contributed by atoms with E-state index < -0.39 is 5.91 Å². The summed E-state index contributed by atoms with van der Waals surface area (Å²) in [6.07, 6.45) is 0. The number of carbonyl (C=O) groups excluding carboxylic acids is 2. The summed E-state index contributed by atoms with van der Waals surface area (Å²) in [5.41, 5.74) is 6.85. The first-order valence-electron chi connectivity index (χ1n) is 7.02. The van der Waals surface area contributed by atoms with Crippen LogP contribution in [0.2, 0.25) is 0 Å². The minimum absolute atomic E-state index is 0.144. The van der Waals surface area contributed by atoms with Gasteiger partial charge in [0.1, 0.15) is 17.0 Å². The zero-order valence-electron chi connectivity index (χ0n) is 12.9. The number of aromatic nitrogens is 1. The Morgan fingerprint density at radius 2 is 1.91 bits per heavy atom. The Bertz CT molecular complexity index is 677. The molecule has 22 heavy (non-hydrogen) atoms. The monoisotopic (exact) mass is 301 g/mol. The zero-order valence-corrected chi connectivity index (χ0v) is 12.9. The maximum absolute atomic E-state index is 12.8. The predicted molar refractivity (Wildman–Crippen MR) is 82.0 cm³/mol. The molecule has 0 unspecified atom stereocenters. The standard InChI is InChI=1S/C16H19N3O3/c1-10(2)19(9-13(17)20)16(21)14-11(3)22-18-15(14)12-7-5-4-6-8-12/h4-8,10H,9H2,1-3H3,(H2,17,20). The minimum atomic E-state index is -0.558. The lowest BCUT2D eigenvalue weighted by atomic mass is 10.0. The number of hydrogen-bond donors (Lipinski definition) is 1. The van der Waals surface area contributed by atoms with Crippen LogP contribution in [-0.2, 0) is 4.79 Å². The molecule has 6 heteroatoms. The van der Waals surface area contributed by atoms with Crippen LogP contribution in [0.4, 0.5) is 0 Å². The number of carbonyl (C=O) groups is 2. The Morgan fingerprint density at radius 1 is 1.27 bits per heavy atom. The van der Waals surface area contributed by atoms with Gasteiger partial charge >= 0.3 is 0 Å². The third-order valence-corrected chi connectivity index (χ3v) is 3.33. The average Bonchev–Trinajstić information content (AvgIpc) is 2.86. The zero-order chi connectivity index (χ0) is 16.3. The molecular weight excluding hydrogens is 282 g/mol. The Labute approximate surface area is 128 Å². The van der Waals surface area contributed by atoms with Crippen molar-refractivity contribution in [3.05, 3.63) is 41.7 Å². The molecular formula is C16H19N3O3. The molecule has 0 radical (unpaired) electrons. The first kappa shape index (κ1) is 15.8. The lowest BCUT2D eigenvalue weighted by molar-refractivity contribution is -0.119. The van der Waals surface area contributed by atoms with Gasteiger partial charge in [-0.1, -0.05) is 35.5 Å². The van der Waals surface area contributed by atoms with E-state index in [1.54, 1.807) is 6.92 Å². The fourth-order valence-electron chi connectivity index (χ4n) is 2.22. The summed E-state index contributed by atoms with van der Waals surface area (Å²) < 4.78 is 5.19. The van der Waals surface area contributed by atoms with E-state index in [1.165, 1.54) is 4.90 Å². The molecule has 0 aliphatic rings. The third kappa shape index (κ3) is 3.16. The molecule has 0 saturated heterocycles. The number of rotatable bonds is 5. The molecule has 0 bridgehead atoms. The molecule has 0 fully saturated rings. The van der Waals surface area contributed by atoms with E-state index in [2.05, 4.69) is 5.16 Å².